The smallest absolute Gasteiger partial charge is 0.317 e. The van der Waals surface area contributed by atoms with Gasteiger partial charge in [0.15, 0.2) is 0 Å². The third-order valence-corrected chi connectivity index (χ3v) is 3.10. The van der Waals surface area contributed by atoms with Gasteiger partial charge in [0, 0.05) is 19.1 Å². The van der Waals surface area contributed by atoms with Crippen LogP contribution < -0.4 is 5.32 Å². The van der Waals surface area contributed by atoms with Gasteiger partial charge in [-0.2, -0.15) is 0 Å². The first-order valence-electron chi connectivity index (χ1n) is 6.06. The molecule has 0 radical (unpaired) electrons. The molecule has 0 aliphatic carbocycles. The average Bonchev–Trinajstić information content (AvgIpc) is 2.17. The summed E-state index contributed by atoms with van der Waals surface area (Å²) in [4.78, 5) is 13.8. The van der Waals surface area contributed by atoms with Crippen LogP contribution in [-0.4, -0.2) is 30.1 Å². The van der Waals surface area contributed by atoms with Crippen LogP contribution in [-0.2, 0) is 0 Å². The van der Waals surface area contributed by atoms with Crippen LogP contribution >= 0.6 is 0 Å². The van der Waals surface area contributed by atoms with Crippen molar-refractivity contribution in [2.45, 2.75) is 46.6 Å². The number of nitrogens with zero attached hydrogens (tertiary/aromatic N) is 1. The maximum Gasteiger partial charge on any atom is 0.317 e. The average molecular weight is 212 g/mol. The molecule has 0 aromatic heterocycles. The Kier molecular flexibility index (Phi) is 4.43. The third kappa shape index (κ3) is 3.73. The van der Waals surface area contributed by atoms with Crippen LogP contribution in [0.5, 0.6) is 0 Å². The minimum Gasteiger partial charge on any atom is -0.336 e. The maximum atomic E-state index is 11.8. The lowest BCUT2D eigenvalue weighted by molar-refractivity contribution is 0.147. The third-order valence-electron chi connectivity index (χ3n) is 3.10. The van der Waals surface area contributed by atoms with Gasteiger partial charge in [-0.05, 0) is 38.5 Å². The summed E-state index contributed by atoms with van der Waals surface area (Å²) < 4.78 is 0. The van der Waals surface area contributed by atoms with Crippen molar-refractivity contribution in [1.82, 2.24) is 10.2 Å². The Morgan fingerprint density at radius 2 is 2.00 bits per heavy atom. The Labute approximate surface area is 93.2 Å². The topological polar surface area (TPSA) is 32.3 Å². The van der Waals surface area contributed by atoms with Crippen molar-refractivity contribution in [3.05, 3.63) is 0 Å². The number of carbonyl (C=O) groups excluding carboxylic acids is 1. The molecule has 1 atom stereocenters. The largest absolute Gasteiger partial charge is 0.336 e. The molecule has 1 aliphatic heterocycles. The van der Waals surface area contributed by atoms with Gasteiger partial charge in [-0.1, -0.05) is 13.8 Å². The van der Waals surface area contributed by atoms with E-state index in [9.17, 15) is 4.79 Å². The quantitative estimate of drug-likeness (QED) is 0.749. The monoisotopic (exact) mass is 212 g/mol. The number of nitrogens with one attached hydrogen (secondary N) is 1. The van der Waals surface area contributed by atoms with E-state index < -0.39 is 0 Å². The SMILES string of the molecule is CC(C)NC(=O)N1CCCC(C(C)C)C1. The lowest BCUT2D eigenvalue weighted by atomic mass is 9.88. The highest BCUT2D eigenvalue weighted by Crippen LogP contribution is 2.23. The van der Waals surface area contributed by atoms with Crippen molar-refractivity contribution in [1.29, 1.82) is 0 Å². The Morgan fingerprint density at radius 1 is 1.33 bits per heavy atom. The van der Waals surface area contributed by atoms with Crippen LogP contribution in [0.25, 0.3) is 0 Å². The van der Waals surface area contributed by atoms with Crippen LogP contribution in [0.3, 0.4) is 0 Å². The molecule has 15 heavy (non-hydrogen) atoms. The predicted molar refractivity (Wildman–Crippen MR) is 62.8 cm³/mol. The van der Waals surface area contributed by atoms with Crippen molar-refractivity contribution < 1.29 is 4.79 Å². The molecule has 1 rings (SSSR count). The van der Waals surface area contributed by atoms with Gasteiger partial charge >= 0.3 is 6.03 Å². The minimum atomic E-state index is 0.107. The molecule has 0 spiro atoms. The normalized spacial score (nSPS) is 22.3. The number of hydrogen-bond acceptors (Lipinski definition) is 1. The van der Waals surface area contributed by atoms with Crippen molar-refractivity contribution in [3.63, 3.8) is 0 Å². The molecule has 1 heterocycles. The van der Waals surface area contributed by atoms with Crippen molar-refractivity contribution in [3.8, 4) is 0 Å². The van der Waals surface area contributed by atoms with E-state index in [1.165, 1.54) is 6.42 Å². The molecule has 0 aromatic rings. The first-order valence-corrected chi connectivity index (χ1v) is 6.06. The Balaban J connectivity index is 2.45. The number of piperidine rings is 1. The first-order chi connectivity index (χ1) is 7.00. The Hall–Kier alpha value is -0.730. The van der Waals surface area contributed by atoms with E-state index >= 15 is 0 Å². The molecular weight excluding hydrogens is 188 g/mol. The number of hydrogen-bond donors (Lipinski definition) is 1. The van der Waals surface area contributed by atoms with Crippen LogP contribution in [0.1, 0.15) is 40.5 Å². The zero-order chi connectivity index (χ0) is 11.4. The summed E-state index contributed by atoms with van der Waals surface area (Å²) in [5, 5.41) is 2.96. The summed E-state index contributed by atoms with van der Waals surface area (Å²) in [7, 11) is 0. The molecule has 3 heteroatoms. The molecule has 3 nitrogen and oxygen atoms in total. The lowest BCUT2D eigenvalue weighted by Crippen LogP contribution is -2.48. The summed E-state index contributed by atoms with van der Waals surface area (Å²) in [5.41, 5.74) is 0. The molecule has 0 aromatic carbocycles. The maximum absolute atomic E-state index is 11.8. The molecule has 1 saturated heterocycles. The summed E-state index contributed by atoms with van der Waals surface area (Å²) in [6.07, 6.45) is 2.41. The number of urea groups is 1. The van der Waals surface area contributed by atoms with Gasteiger partial charge in [-0.3, -0.25) is 0 Å². The van der Waals surface area contributed by atoms with E-state index in [1.54, 1.807) is 0 Å². The number of amides is 2. The second-order valence-electron chi connectivity index (χ2n) is 5.20. The van der Waals surface area contributed by atoms with Gasteiger partial charge in [-0.15, -0.1) is 0 Å². The highest BCUT2D eigenvalue weighted by Gasteiger charge is 2.25. The highest BCUT2D eigenvalue weighted by atomic mass is 16.2. The fourth-order valence-electron chi connectivity index (χ4n) is 2.08. The van der Waals surface area contributed by atoms with Crippen molar-refractivity contribution >= 4 is 6.03 Å². The molecule has 0 saturated carbocycles. The molecule has 0 bridgehead atoms. The standard InChI is InChI=1S/C12H24N2O/c1-9(2)11-6-5-7-14(8-11)12(15)13-10(3)4/h9-11H,5-8H2,1-4H3,(H,13,15). The number of rotatable bonds is 2. The molecule has 1 N–H and O–H groups in total. The summed E-state index contributed by atoms with van der Waals surface area (Å²) in [5.74, 6) is 1.36. The van der Waals surface area contributed by atoms with Crippen LogP contribution in [0.2, 0.25) is 0 Å². The van der Waals surface area contributed by atoms with Gasteiger partial charge in [0.05, 0.1) is 0 Å². The Morgan fingerprint density at radius 3 is 2.53 bits per heavy atom. The fraction of sp³-hybridized carbons (Fsp3) is 0.917. The van der Waals surface area contributed by atoms with Crippen LogP contribution in [0, 0.1) is 11.8 Å². The second-order valence-corrected chi connectivity index (χ2v) is 5.20. The van der Waals surface area contributed by atoms with E-state index in [1.807, 2.05) is 18.7 Å². The number of likely N-dealkylation sites (tertiary alicyclic amines) is 1. The van der Waals surface area contributed by atoms with Gasteiger partial charge < -0.3 is 10.2 Å². The fourth-order valence-corrected chi connectivity index (χ4v) is 2.08. The van der Waals surface area contributed by atoms with E-state index in [2.05, 4.69) is 19.2 Å². The van der Waals surface area contributed by atoms with E-state index in [4.69, 9.17) is 0 Å². The van der Waals surface area contributed by atoms with Gasteiger partial charge in [0.2, 0.25) is 0 Å². The highest BCUT2D eigenvalue weighted by molar-refractivity contribution is 5.74. The summed E-state index contributed by atoms with van der Waals surface area (Å²) in [6, 6.07) is 0.340. The van der Waals surface area contributed by atoms with Gasteiger partial charge in [0.25, 0.3) is 0 Å². The lowest BCUT2D eigenvalue weighted by Gasteiger charge is -2.35. The molecule has 1 fully saturated rings. The summed E-state index contributed by atoms with van der Waals surface area (Å²) >= 11 is 0. The molecular formula is C12H24N2O. The zero-order valence-electron chi connectivity index (χ0n) is 10.4. The predicted octanol–water partition coefficient (Wildman–Crippen LogP) is 2.47. The molecule has 2 amide bonds. The van der Waals surface area contributed by atoms with E-state index in [0.29, 0.717) is 11.8 Å². The number of carbonyl (C=O) groups is 1. The zero-order valence-corrected chi connectivity index (χ0v) is 10.4. The summed E-state index contributed by atoms with van der Waals surface area (Å²) in [6.45, 7) is 10.3. The Bertz CT molecular complexity index is 214. The van der Waals surface area contributed by atoms with E-state index in [0.717, 1.165) is 19.5 Å². The molecule has 88 valence electrons. The first kappa shape index (κ1) is 12.3. The van der Waals surface area contributed by atoms with Crippen LogP contribution in [0.4, 0.5) is 4.79 Å². The van der Waals surface area contributed by atoms with E-state index in [-0.39, 0.29) is 12.1 Å². The molecule has 1 aliphatic rings. The van der Waals surface area contributed by atoms with Crippen LogP contribution in [0.15, 0.2) is 0 Å². The van der Waals surface area contributed by atoms with Crippen molar-refractivity contribution in [2.24, 2.45) is 11.8 Å². The minimum absolute atomic E-state index is 0.107. The van der Waals surface area contributed by atoms with Crippen molar-refractivity contribution in [2.75, 3.05) is 13.1 Å². The second kappa shape index (κ2) is 5.38. The molecule has 1 unspecified atom stereocenters. The van der Waals surface area contributed by atoms with Gasteiger partial charge in [-0.25, -0.2) is 4.79 Å². The van der Waals surface area contributed by atoms with Gasteiger partial charge in [0.1, 0.15) is 0 Å².